The topological polar surface area (TPSA) is 32.3 Å². The molecule has 0 spiro atoms. The molecule has 1 aromatic carbocycles. The molecule has 1 heterocycles. The Hall–Kier alpha value is -1.09. The zero-order chi connectivity index (χ0) is 9.26. The molecule has 70 valence electrons. The molecule has 2 N–H and O–H groups in total. The van der Waals surface area contributed by atoms with Crippen LogP contribution in [0, 0.1) is 5.82 Å². The van der Waals surface area contributed by atoms with Gasteiger partial charge in [-0.15, -0.1) is 0 Å². The monoisotopic (exact) mass is 181 g/mol. The average Bonchev–Trinajstić information content (AvgIpc) is 2.62. The summed E-state index contributed by atoms with van der Waals surface area (Å²) in [5, 5.41) is 12.3. The molecule has 13 heavy (non-hydrogen) atoms. The number of phenols is 1. The minimum Gasteiger partial charge on any atom is -0.505 e. The lowest BCUT2D eigenvalue weighted by Crippen LogP contribution is -2.12. The molecule has 1 aliphatic rings. The largest absolute Gasteiger partial charge is 0.505 e. The SMILES string of the molecule is Oc1ccc([C@@H]2CCCN2)cc1F. The Kier molecular flexibility index (Phi) is 2.19. The number of nitrogens with one attached hydrogen (secondary N) is 1. The lowest BCUT2D eigenvalue weighted by molar-refractivity contribution is 0.431. The van der Waals surface area contributed by atoms with E-state index in [1.54, 1.807) is 6.07 Å². The summed E-state index contributed by atoms with van der Waals surface area (Å²) in [6, 6.07) is 4.83. The van der Waals surface area contributed by atoms with Crippen molar-refractivity contribution in [2.75, 3.05) is 6.54 Å². The van der Waals surface area contributed by atoms with Gasteiger partial charge in [-0.1, -0.05) is 6.07 Å². The van der Waals surface area contributed by atoms with Crippen molar-refractivity contribution in [2.24, 2.45) is 0 Å². The molecule has 1 saturated heterocycles. The van der Waals surface area contributed by atoms with E-state index < -0.39 is 5.82 Å². The number of halogens is 1. The molecule has 3 heteroatoms. The average molecular weight is 181 g/mol. The zero-order valence-corrected chi connectivity index (χ0v) is 7.26. The van der Waals surface area contributed by atoms with Crippen LogP contribution in [0.3, 0.4) is 0 Å². The van der Waals surface area contributed by atoms with Crippen molar-refractivity contribution >= 4 is 0 Å². The second kappa shape index (κ2) is 3.34. The van der Waals surface area contributed by atoms with Crippen LogP contribution in [-0.2, 0) is 0 Å². The predicted molar refractivity (Wildman–Crippen MR) is 48.0 cm³/mol. The van der Waals surface area contributed by atoms with Crippen LogP contribution in [0.2, 0.25) is 0 Å². The van der Waals surface area contributed by atoms with Gasteiger partial charge < -0.3 is 10.4 Å². The fraction of sp³-hybridized carbons (Fsp3) is 0.400. The minimum atomic E-state index is -0.536. The van der Waals surface area contributed by atoms with E-state index in [2.05, 4.69) is 5.32 Å². The maximum atomic E-state index is 13.0. The third kappa shape index (κ3) is 1.65. The highest BCUT2D eigenvalue weighted by Gasteiger charge is 2.16. The molecule has 0 aliphatic carbocycles. The first-order chi connectivity index (χ1) is 6.27. The van der Waals surface area contributed by atoms with Crippen molar-refractivity contribution < 1.29 is 9.50 Å². The number of phenolic OH excluding ortho intramolecular Hbond substituents is 1. The first-order valence-corrected chi connectivity index (χ1v) is 4.49. The highest BCUT2D eigenvalue weighted by molar-refractivity contribution is 5.30. The van der Waals surface area contributed by atoms with Crippen molar-refractivity contribution in [3.05, 3.63) is 29.6 Å². The summed E-state index contributed by atoms with van der Waals surface area (Å²) in [6.07, 6.45) is 2.18. The first-order valence-electron chi connectivity index (χ1n) is 4.49. The van der Waals surface area contributed by atoms with E-state index in [0.717, 1.165) is 24.9 Å². The summed E-state index contributed by atoms with van der Waals surface area (Å²) in [5.74, 6) is -0.812. The quantitative estimate of drug-likeness (QED) is 0.694. The normalized spacial score (nSPS) is 22.1. The van der Waals surface area contributed by atoms with Crippen molar-refractivity contribution in [1.82, 2.24) is 5.32 Å². The summed E-state index contributed by atoms with van der Waals surface area (Å²) in [6.45, 7) is 0.993. The minimum absolute atomic E-state index is 0.259. The highest BCUT2D eigenvalue weighted by atomic mass is 19.1. The van der Waals surface area contributed by atoms with E-state index in [4.69, 9.17) is 5.11 Å². The van der Waals surface area contributed by atoms with Crippen LogP contribution in [-0.4, -0.2) is 11.7 Å². The summed E-state index contributed by atoms with van der Waals surface area (Å²) >= 11 is 0. The van der Waals surface area contributed by atoms with Gasteiger partial charge in [0.25, 0.3) is 0 Å². The second-order valence-electron chi connectivity index (χ2n) is 3.36. The van der Waals surface area contributed by atoms with Crippen molar-refractivity contribution in [1.29, 1.82) is 0 Å². The van der Waals surface area contributed by atoms with Crippen molar-refractivity contribution in [2.45, 2.75) is 18.9 Å². The van der Waals surface area contributed by atoms with Crippen molar-refractivity contribution in [3.8, 4) is 5.75 Å². The van der Waals surface area contributed by atoms with E-state index in [0.29, 0.717) is 0 Å². The Morgan fingerprint density at radius 2 is 2.31 bits per heavy atom. The Balaban J connectivity index is 2.25. The third-order valence-electron chi connectivity index (χ3n) is 2.43. The van der Waals surface area contributed by atoms with Gasteiger partial charge in [0.05, 0.1) is 0 Å². The molecule has 0 bridgehead atoms. The second-order valence-corrected chi connectivity index (χ2v) is 3.36. The smallest absolute Gasteiger partial charge is 0.165 e. The lowest BCUT2D eigenvalue weighted by atomic mass is 10.1. The van der Waals surface area contributed by atoms with Gasteiger partial charge in [0, 0.05) is 6.04 Å². The van der Waals surface area contributed by atoms with E-state index in [1.807, 2.05) is 0 Å². The molecule has 1 aliphatic heterocycles. The molecule has 0 saturated carbocycles. The van der Waals surface area contributed by atoms with Crippen LogP contribution >= 0.6 is 0 Å². The predicted octanol–water partition coefficient (Wildman–Crippen LogP) is 1.96. The molecule has 0 aromatic heterocycles. The molecular weight excluding hydrogens is 169 g/mol. The fourth-order valence-corrected chi connectivity index (χ4v) is 1.71. The van der Waals surface area contributed by atoms with Gasteiger partial charge in [-0.25, -0.2) is 4.39 Å². The summed E-state index contributed by atoms with van der Waals surface area (Å²) in [7, 11) is 0. The summed E-state index contributed by atoms with van der Waals surface area (Å²) in [5.41, 5.74) is 0.924. The van der Waals surface area contributed by atoms with Crippen LogP contribution in [0.25, 0.3) is 0 Å². The maximum Gasteiger partial charge on any atom is 0.165 e. The Morgan fingerprint density at radius 3 is 2.92 bits per heavy atom. The zero-order valence-electron chi connectivity index (χ0n) is 7.26. The third-order valence-corrected chi connectivity index (χ3v) is 2.43. The summed E-state index contributed by atoms with van der Waals surface area (Å²) < 4.78 is 13.0. The van der Waals surface area contributed by atoms with E-state index >= 15 is 0 Å². The number of hydrogen-bond acceptors (Lipinski definition) is 2. The van der Waals surface area contributed by atoms with Gasteiger partial charge in [0.2, 0.25) is 0 Å². The molecule has 2 rings (SSSR count). The van der Waals surface area contributed by atoms with Gasteiger partial charge in [0.1, 0.15) is 0 Å². The standard InChI is InChI=1S/C10H12FNO/c11-8-6-7(3-4-10(8)13)9-2-1-5-12-9/h3-4,6,9,12-13H,1-2,5H2/t9-/m0/s1. The van der Waals surface area contributed by atoms with Gasteiger partial charge in [0.15, 0.2) is 11.6 Å². The molecule has 1 aromatic rings. The van der Waals surface area contributed by atoms with Gasteiger partial charge in [-0.2, -0.15) is 0 Å². The van der Waals surface area contributed by atoms with Crippen LogP contribution in [0.1, 0.15) is 24.4 Å². The highest BCUT2D eigenvalue weighted by Crippen LogP contribution is 2.26. The molecule has 1 fully saturated rings. The van der Waals surface area contributed by atoms with Crippen molar-refractivity contribution in [3.63, 3.8) is 0 Å². The molecule has 2 nitrogen and oxygen atoms in total. The maximum absolute atomic E-state index is 13.0. The Labute approximate surface area is 76.4 Å². The summed E-state index contributed by atoms with van der Waals surface area (Å²) in [4.78, 5) is 0. The number of benzene rings is 1. The molecular formula is C10H12FNO. The van der Waals surface area contributed by atoms with Crippen LogP contribution in [0.5, 0.6) is 5.75 Å². The molecule has 0 unspecified atom stereocenters. The first kappa shape index (κ1) is 8.51. The van der Waals surface area contributed by atoms with Gasteiger partial charge in [-0.05, 0) is 37.1 Å². The molecule has 0 radical (unpaired) electrons. The van der Waals surface area contributed by atoms with E-state index in [9.17, 15) is 4.39 Å². The Bertz CT molecular complexity index is 308. The van der Waals surface area contributed by atoms with Gasteiger partial charge in [-0.3, -0.25) is 0 Å². The number of hydrogen-bond donors (Lipinski definition) is 2. The van der Waals surface area contributed by atoms with Crippen LogP contribution in [0.15, 0.2) is 18.2 Å². The molecule has 1 atom stereocenters. The molecule has 0 amide bonds. The van der Waals surface area contributed by atoms with Gasteiger partial charge >= 0.3 is 0 Å². The van der Waals surface area contributed by atoms with Crippen LogP contribution < -0.4 is 5.32 Å². The fourth-order valence-electron chi connectivity index (χ4n) is 1.71. The van der Waals surface area contributed by atoms with E-state index in [-0.39, 0.29) is 11.8 Å². The lowest BCUT2D eigenvalue weighted by Gasteiger charge is -2.10. The Morgan fingerprint density at radius 1 is 1.46 bits per heavy atom. The number of rotatable bonds is 1. The number of aromatic hydroxyl groups is 1. The van der Waals surface area contributed by atoms with E-state index in [1.165, 1.54) is 12.1 Å². The van der Waals surface area contributed by atoms with Crippen LogP contribution in [0.4, 0.5) is 4.39 Å².